The Balaban J connectivity index is 1.55. The largest absolute Gasteiger partial charge is 0.373 e. The molecule has 210 valence electrons. The molecule has 1 aliphatic heterocycles. The molecule has 40 heavy (non-hydrogen) atoms. The third-order valence-electron chi connectivity index (χ3n) is 9.87. The van der Waals surface area contributed by atoms with Crippen LogP contribution in [0.15, 0.2) is 42.5 Å². The Bertz CT molecular complexity index is 1560. The molecule has 0 bridgehead atoms. The van der Waals surface area contributed by atoms with Crippen molar-refractivity contribution in [2.45, 2.75) is 101 Å². The molecule has 2 unspecified atom stereocenters. The molecular weight excluding hydrogens is 484 g/mol. The zero-order valence-electron chi connectivity index (χ0n) is 26.7. The van der Waals surface area contributed by atoms with Gasteiger partial charge in [0.15, 0.2) is 0 Å². The molecule has 1 heteroatoms. The second-order valence-corrected chi connectivity index (χ2v) is 13.5. The second-order valence-electron chi connectivity index (χ2n) is 13.5. The number of fused-ring (bicyclic) bond motifs is 1. The van der Waals surface area contributed by atoms with E-state index in [2.05, 4.69) is 119 Å². The van der Waals surface area contributed by atoms with Crippen LogP contribution in [0.1, 0.15) is 101 Å². The Labute approximate surface area is 243 Å². The minimum Gasteiger partial charge on any atom is -0.373 e. The lowest BCUT2D eigenvalue weighted by Crippen LogP contribution is -2.22. The first-order chi connectivity index (χ1) is 18.8. The van der Waals surface area contributed by atoms with E-state index in [9.17, 15) is 0 Å². The Kier molecular flexibility index (Phi) is 7.51. The first-order valence-electron chi connectivity index (χ1n) is 15.2. The molecule has 1 fully saturated rings. The van der Waals surface area contributed by atoms with Crippen LogP contribution in [-0.2, 0) is 10.2 Å². The first kappa shape index (κ1) is 28.6. The highest BCUT2D eigenvalue weighted by atomic mass is 16.5. The molecule has 1 nitrogen and oxygen atoms in total. The predicted octanol–water partition coefficient (Wildman–Crippen LogP) is 10.8. The van der Waals surface area contributed by atoms with Crippen LogP contribution in [-0.4, -0.2) is 6.61 Å². The third kappa shape index (κ3) is 4.92. The Morgan fingerprint density at radius 1 is 0.650 bits per heavy atom. The summed E-state index contributed by atoms with van der Waals surface area (Å²) in [6.45, 7) is 26.1. The van der Waals surface area contributed by atoms with Crippen LogP contribution < -0.4 is 0 Å². The van der Waals surface area contributed by atoms with Crippen molar-refractivity contribution in [3.05, 3.63) is 104 Å². The monoisotopic (exact) mass is 532 g/mol. The van der Waals surface area contributed by atoms with Crippen LogP contribution >= 0.6 is 0 Å². The maximum atomic E-state index is 6.22. The van der Waals surface area contributed by atoms with Gasteiger partial charge in [-0.2, -0.15) is 0 Å². The van der Waals surface area contributed by atoms with Crippen LogP contribution in [0.5, 0.6) is 0 Å². The maximum Gasteiger partial charge on any atom is 0.0825 e. The van der Waals surface area contributed by atoms with Gasteiger partial charge in [-0.05, 0) is 157 Å². The van der Waals surface area contributed by atoms with Gasteiger partial charge < -0.3 is 4.74 Å². The molecule has 0 aromatic heterocycles. The molecule has 0 spiro atoms. The fourth-order valence-electron chi connectivity index (χ4n) is 7.65. The molecular formula is C39H48O. The van der Waals surface area contributed by atoms with E-state index in [-0.39, 0.29) is 11.5 Å². The summed E-state index contributed by atoms with van der Waals surface area (Å²) in [5, 5.41) is 2.77. The fourth-order valence-corrected chi connectivity index (χ4v) is 7.65. The van der Waals surface area contributed by atoms with E-state index in [1.807, 2.05) is 0 Å². The third-order valence-corrected chi connectivity index (χ3v) is 9.87. The first-order valence-corrected chi connectivity index (χ1v) is 15.2. The van der Waals surface area contributed by atoms with E-state index in [4.69, 9.17) is 4.74 Å². The van der Waals surface area contributed by atoms with Crippen LogP contribution in [0, 0.1) is 61.3 Å². The average molecular weight is 533 g/mol. The molecule has 0 saturated carbocycles. The molecule has 4 aromatic carbocycles. The molecule has 4 aromatic rings. The van der Waals surface area contributed by atoms with Crippen molar-refractivity contribution in [3.63, 3.8) is 0 Å². The summed E-state index contributed by atoms with van der Waals surface area (Å²) in [5.41, 5.74) is 17.7. The summed E-state index contributed by atoms with van der Waals surface area (Å²) in [4.78, 5) is 0. The van der Waals surface area contributed by atoms with Gasteiger partial charge in [0, 0.05) is 12.0 Å². The topological polar surface area (TPSA) is 9.23 Å². The number of aryl methyl sites for hydroxylation is 7. The van der Waals surface area contributed by atoms with Crippen LogP contribution in [0.25, 0.3) is 21.9 Å². The molecule has 5 rings (SSSR count). The van der Waals surface area contributed by atoms with Crippen molar-refractivity contribution in [2.24, 2.45) is 5.92 Å². The van der Waals surface area contributed by atoms with Crippen molar-refractivity contribution in [2.75, 3.05) is 6.61 Å². The van der Waals surface area contributed by atoms with E-state index < -0.39 is 0 Å². The van der Waals surface area contributed by atoms with Gasteiger partial charge in [0.2, 0.25) is 0 Å². The molecule has 1 saturated heterocycles. The molecule has 0 aliphatic carbocycles. The zero-order valence-corrected chi connectivity index (χ0v) is 26.7. The molecule has 0 amide bonds. The van der Waals surface area contributed by atoms with E-state index in [1.54, 1.807) is 0 Å². The van der Waals surface area contributed by atoms with Gasteiger partial charge in [0.1, 0.15) is 0 Å². The van der Waals surface area contributed by atoms with Crippen molar-refractivity contribution in [3.8, 4) is 11.1 Å². The Hall–Kier alpha value is -2.90. The summed E-state index contributed by atoms with van der Waals surface area (Å²) < 4.78 is 6.22. The number of hydrogen-bond acceptors (Lipinski definition) is 1. The van der Waals surface area contributed by atoms with Crippen molar-refractivity contribution >= 4 is 10.8 Å². The lowest BCUT2D eigenvalue weighted by Gasteiger charge is -2.32. The lowest BCUT2D eigenvalue weighted by atomic mass is 9.72. The molecule has 0 N–H and O–H groups in total. The minimum atomic E-state index is -0.109. The van der Waals surface area contributed by atoms with Gasteiger partial charge in [-0.3, -0.25) is 0 Å². The van der Waals surface area contributed by atoms with Gasteiger partial charge in [-0.15, -0.1) is 0 Å². The number of ether oxygens (including phenoxy) is 1. The molecule has 0 radical (unpaired) electrons. The second kappa shape index (κ2) is 10.5. The SMILES string of the molecule is Cc1cc2cc(C(C)(C)c3c(C)cc(-c4c(C)cc(C5CCC(C)CO5)cc4C)cc3C)cc(C)c2c(C)c1C. The predicted molar refractivity (Wildman–Crippen MR) is 173 cm³/mol. The van der Waals surface area contributed by atoms with Crippen molar-refractivity contribution < 1.29 is 4.74 Å². The van der Waals surface area contributed by atoms with Crippen LogP contribution in [0.4, 0.5) is 0 Å². The summed E-state index contributed by atoms with van der Waals surface area (Å²) in [5.74, 6) is 0.669. The quantitative estimate of drug-likeness (QED) is 0.254. The lowest BCUT2D eigenvalue weighted by molar-refractivity contribution is -0.0124. The van der Waals surface area contributed by atoms with Gasteiger partial charge >= 0.3 is 0 Å². The highest BCUT2D eigenvalue weighted by Crippen LogP contribution is 2.42. The standard InChI is InChI=1S/C39H48O/c1-22-12-13-35(40-21-22)31-15-24(3)36(25(4)16-31)32-17-27(6)38(28(7)18-32)39(10,11)34-19-26(5)37-30(9)29(8)23(2)14-33(37)20-34/h14-20,22,35H,12-13,21H2,1-11H3. The van der Waals surface area contributed by atoms with Crippen LogP contribution in [0.2, 0.25) is 0 Å². The number of hydrogen-bond donors (Lipinski definition) is 0. The van der Waals surface area contributed by atoms with E-state index in [0.717, 1.165) is 13.0 Å². The minimum absolute atomic E-state index is 0.109. The molecule has 1 heterocycles. The smallest absolute Gasteiger partial charge is 0.0825 e. The van der Waals surface area contributed by atoms with E-state index >= 15 is 0 Å². The van der Waals surface area contributed by atoms with Crippen molar-refractivity contribution in [1.82, 2.24) is 0 Å². The summed E-state index contributed by atoms with van der Waals surface area (Å²) in [6.07, 6.45) is 2.60. The average Bonchev–Trinajstić information content (AvgIpc) is 2.86. The number of rotatable bonds is 4. The summed E-state index contributed by atoms with van der Waals surface area (Å²) >= 11 is 0. The molecule has 1 aliphatic rings. The van der Waals surface area contributed by atoms with E-state index in [0.29, 0.717) is 5.92 Å². The Morgan fingerprint density at radius 3 is 1.85 bits per heavy atom. The van der Waals surface area contributed by atoms with Gasteiger partial charge in [-0.1, -0.05) is 63.2 Å². The van der Waals surface area contributed by atoms with E-state index in [1.165, 1.54) is 89.5 Å². The Morgan fingerprint density at radius 2 is 1.27 bits per heavy atom. The van der Waals surface area contributed by atoms with Gasteiger partial charge in [-0.25, -0.2) is 0 Å². The fraction of sp³-hybridized carbons (Fsp3) is 0.436. The number of benzene rings is 4. The van der Waals surface area contributed by atoms with Gasteiger partial charge in [0.05, 0.1) is 6.10 Å². The maximum absolute atomic E-state index is 6.22. The van der Waals surface area contributed by atoms with Crippen LogP contribution in [0.3, 0.4) is 0 Å². The summed E-state index contributed by atoms with van der Waals surface area (Å²) in [7, 11) is 0. The van der Waals surface area contributed by atoms with Gasteiger partial charge in [0.25, 0.3) is 0 Å². The van der Waals surface area contributed by atoms with Crippen molar-refractivity contribution in [1.29, 1.82) is 0 Å². The highest BCUT2D eigenvalue weighted by molar-refractivity contribution is 5.91. The normalized spacial score (nSPS) is 18.0. The highest BCUT2D eigenvalue weighted by Gasteiger charge is 2.29. The molecule has 2 atom stereocenters. The zero-order chi connectivity index (χ0) is 29.1. The summed E-state index contributed by atoms with van der Waals surface area (Å²) in [6, 6.07) is 16.8.